The van der Waals surface area contributed by atoms with Gasteiger partial charge in [-0.3, -0.25) is 21.8 Å². The van der Waals surface area contributed by atoms with Crippen molar-refractivity contribution in [1.29, 1.82) is 0 Å². The molecule has 0 saturated carbocycles. The van der Waals surface area contributed by atoms with Crippen molar-refractivity contribution in [1.82, 2.24) is 0 Å². The van der Waals surface area contributed by atoms with Crippen LogP contribution in [0.4, 0.5) is 28.4 Å². The molecule has 0 spiro atoms. The molecule has 4 aromatic rings. The molecule has 0 aliphatic carbocycles. The van der Waals surface area contributed by atoms with Crippen molar-refractivity contribution in [3.05, 3.63) is 101 Å². The van der Waals surface area contributed by atoms with Gasteiger partial charge in [0.25, 0.3) is 5.91 Å². The molecule has 1 aromatic heterocycles. The molecule has 36 heavy (non-hydrogen) atoms. The number of benzene rings is 3. The number of anilines is 5. The van der Waals surface area contributed by atoms with Crippen LogP contribution in [0.2, 0.25) is 10.0 Å². The van der Waals surface area contributed by atoms with Gasteiger partial charge in [0, 0.05) is 15.7 Å². The third-order valence-corrected chi connectivity index (χ3v) is 6.75. The Bertz CT molecular complexity index is 1420. The minimum absolute atomic E-state index is 0.0131. The lowest BCUT2D eigenvalue weighted by Crippen LogP contribution is -2.26. The topological polar surface area (TPSA) is 129 Å². The van der Waals surface area contributed by atoms with E-state index in [0.717, 1.165) is 8.61 Å². The summed E-state index contributed by atoms with van der Waals surface area (Å²) >= 11 is 6.14. The van der Waals surface area contributed by atoms with Crippen LogP contribution in [0.5, 0.6) is 0 Å². The molecule has 9 nitrogen and oxygen atoms in total. The average molecular weight is 564 g/mol. The van der Waals surface area contributed by atoms with Gasteiger partial charge in [0.05, 0.1) is 51.5 Å². The van der Waals surface area contributed by atoms with Gasteiger partial charge in [-0.15, -0.1) is 0 Å². The van der Waals surface area contributed by atoms with Crippen LogP contribution in [0, 0.1) is 0 Å². The first-order chi connectivity index (χ1) is 17.2. The fourth-order valence-corrected chi connectivity index (χ4v) is 4.76. The van der Waals surface area contributed by atoms with Crippen molar-refractivity contribution >= 4 is 80.1 Å². The Balaban J connectivity index is 1.88. The van der Waals surface area contributed by atoms with E-state index in [0.29, 0.717) is 10.0 Å². The van der Waals surface area contributed by atoms with Gasteiger partial charge in [0.1, 0.15) is 0 Å². The molecule has 0 fully saturated rings. The molecule has 0 bridgehead atoms. The van der Waals surface area contributed by atoms with Gasteiger partial charge in [-0.2, -0.15) is 0 Å². The summed E-state index contributed by atoms with van der Waals surface area (Å²) < 4.78 is 56.4. The minimum Gasteiger partial charge on any atom is -0.755 e. The van der Waals surface area contributed by atoms with Crippen LogP contribution < -0.4 is 13.9 Å². The first-order valence-corrected chi connectivity index (χ1v) is 12.9. The number of hydrogen-bond acceptors (Lipinski definition) is 6. The Kier molecular flexibility index (Phi) is 8.09. The largest absolute Gasteiger partial charge is 0.755 e. The number of hydrogen-bond donors (Lipinski definition) is 1. The maximum Gasteiger partial charge on any atom is 0.291 e. The van der Waals surface area contributed by atoms with Crippen LogP contribution in [0.1, 0.15) is 10.6 Å². The van der Waals surface area contributed by atoms with Crippen LogP contribution in [-0.4, -0.2) is 23.4 Å². The summed E-state index contributed by atoms with van der Waals surface area (Å²) in [5.41, 5.74) is 0.487. The van der Waals surface area contributed by atoms with Crippen LogP contribution in [0.15, 0.2) is 89.5 Å². The number of carbonyl (C=O) groups is 1. The molecular formula is C23H15Cl2N3O6S2-2. The monoisotopic (exact) mass is 563 g/mol. The van der Waals surface area contributed by atoms with Crippen molar-refractivity contribution in [3.63, 3.8) is 0 Å². The Labute approximate surface area is 221 Å². The molecule has 186 valence electrons. The molecule has 2 unspecified atom stereocenters. The van der Waals surface area contributed by atoms with Crippen molar-refractivity contribution < 1.29 is 26.7 Å². The normalized spacial score (nSPS) is 12.6. The highest BCUT2D eigenvalue weighted by atomic mass is 35.5. The van der Waals surface area contributed by atoms with Crippen LogP contribution in [-0.2, 0) is 22.5 Å². The van der Waals surface area contributed by atoms with Gasteiger partial charge in [-0.25, -0.2) is 0 Å². The van der Waals surface area contributed by atoms with Crippen molar-refractivity contribution in [2.75, 3.05) is 13.9 Å². The van der Waals surface area contributed by atoms with Gasteiger partial charge in [-0.1, -0.05) is 23.2 Å². The lowest BCUT2D eigenvalue weighted by atomic mass is 10.2. The maximum atomic E-state index is 12.5. The number of amides is 1. The molecular weight excluding hydrogens is 549 g/mol. The highest BCUT2D eigenvalue weighted by Crippen LogP contribution is 2.41. The zero-order chi connectivity index (χ0) is 25.8. The predicted molar refractivity (Wildman–Crippen MR) is 138 cm³/mol. The Morgan fingerprint density at radius 2 is 1.31 bits per heavy atom. The van der Waals surface area contributed by atoms with E-state index in [1.807, 2.05) is 0 Å². The molecule has 0 aliphatic rings. The van der Waals surface area contributed by atoms with Crippen LogP contribution in [0.25, 0.3) is 0 Å². The van der Waals surface area contributed by atoms with Gasteiger partial charge >= 0.3 is 0 Å². The van der Waals surface area contributed by atoms with Crippen LogP contribution >= 0.6 is 23.2 Å². The number of rotatable bonds is 8. The SMILES string of the molecule is O=C(Nc1ccc(N(c2ccc(Cl)cc2)S(=O)[O-])c(N(c2ccc(Cl)cc2)S(=O)[O-])c1)c1ccco1. The van der Waals surface area contributed by atoms with E-state index in [2.05, 4.69) is 5.32 Å². The highest BCUT2D eigenvalue weighted by Gasteiger charge is 2.22. The summed E-state index contributed by atoms with van der Waals surface area (Å²) in [6.45, 7) is 0. The predicted octanol–water partition coefficient (Wildman–Crippen LogP) is 5.70. The quantitative estimate of drug-likeness (QED) is 0.273. The van der Waals surface area contributed by atoms with E-state index < -0.39 is 28.4 Å². The van der Waals surface area contributed by atoms with Gasteiger partial charge < -0.3 is 18.8 Å². The smallest absolute Gasteiger partial charge is 0.291 e. The summed E-state index contributed by atoms with van der Waals surface area (Å²) in [5.74, 6) is -0.548. The zero-order valence-electron chi connectivity index (χ0n) is 18.0. The van der Waals surface area contributed by atoms with E-state index in [9.17, 15) is 22.3 Å². The van der Waals surface area contributed by atoms with Gasteiger partial charge in [0.2, 0.25) is 0 Å². The van der Waals surface area contributed by atoms with E-state index in [1.54, 1.807) is 6.07 Å². The Hall–Kier alpha value is -3.19. The fourth-order valence-electron chi connectivity index (χ4n) is 3.30. The molecule has 0 radical (unpaired) electrons. The molecule has 4 rings (SSSR count). The molecule has 1 N–H and O–H groups in total. The van der Waals surface area contributed by atoms with E-state index >= 15 is 0 Å². The number of halogens is 2. The highest BCUT2D eigenvalue weighted by molar-refractivity contribution is 7.81. The number of furan rings is 1. The zero-order valence-corrected chi connectivity index (χ0v) is 21.1. The third kappa shape index (κ3) is 5.78. The molecule has 2 atom stereocenters. The number of nitrogens with zero attached hydrogens (tertiary/aromatic N) is 2. The second-order valence-corrected chi connectivity index (χ2v) is 9.58. The van der Waals surface area contributed by atoms with Crippen molar-refractivity contribution in [2.24, 2.45) is 0 Å². The Morgan fingerprint density at radius 1 is 0.778 bits per heavy atom. The minimum atomic E-state index is -2.90. The second kappa shape index (κ2) is 11.2. The molecule has 0 aliphatic heterocycles. The summed E-state index contributed by atoms with van der Waals surface area (Å²) in [6, 6.07) is 18.9. The first-order valence-electron chi connectivity index (χ1n) is 10.0. The fraction of sp³-hybridized carbons (Fsp3) is 0. The Morgan fingerprint density at radius 3 is 1.78 bits per heavy atom. The first kappa shape index (κ1) is 25.9. The molecule has 13 heteroatoms. The molecule has 1 amide bonds. The maximum absolute atomic E-state index is 12.5. The van der Waals surface area contributed by atoms with Gasteiger partial charge in [0.15, 0.2) is 5.76 Å². The summed E-state index contributed by atoms with van der Waals surface area (Å²) in [7, 11) is 0. The van der Waals surface area contributed by atoms with Crippen molar-refractivity contribution in [2.45, 2.75) is 0 Å². The van der Waals surface area contributed by atoms with E-state index in [4.69, 9.17) is 27.6 Å². The summed E-state index contributed by atoms with van der Waals surface area (Å²) in [6.07, 6.45) is 1.33. The van der Waals surface area contributed by atoms with Crippen LogP contribution in [0.3, 0.4) is 0 Å². The summed E-state index contributed by atoms with van der Waals surface area (Å²) in [5, 5.41) is 3.37. The number of nitrogens with one attached hydrogen (secondary N) is 1. The van der Waals surface area contributed by atoms with Gasteiger partial charge in [-0.05, 0) is 78.9 Å². The standard InChI is InChI=1S/C23H17Cl2N3O6S2/c24-15-3-8-18(9-4-15)27(35(30)31)20-12-7-17(26-23(29)22-2-1-13-34-22)14-21(20)28(36(32)33)19-10-5-16(25)6-11-19/h1-14H,(H,26,29)(H,30,31)(H,32,33)/p-2. The number of carbonyl (C=O) groups excluding carboxylic acids is 1. The van der Waals surface area contributed by atoms with E-state index in [1.165, 1.54) is 79.1 Å². The second-order valence-electron chi connectivity index (χ2n) is 7.11. The molecule has 1 heterocycles. The molecule has 3 aromatic carbocycles. The van der Waals surface area contributed by atoms with E-state index in [-0.39, 0.29) is 34.2 Å². The average Bonchev–Trinajstić information content (AvgIpc) is 3.38. The third-order valence-electron chi connectivity index (χ3n) is 4.84. The summed E-state index contributed by atoms with van der Waals surface area (Å²) in [4.78, 5) is 12.5. The molecule has 0 saturated heterocycles. The lowest BCUT2D eigenvalue weighted by Gasteiger charge is -2.34. The lowest BCUT2D eigenvalue weighted by molar-refractivity contribution is 0.0996. The van der Waals surface area contributed by atoms with Crippen molar-refractivity contribution in [3.8, 4) is 0 Å².